The molecule has 1 heterocycles. The van der Waals surface area contributed by atoms with Crippen LogP contribution in [0.2, 0.25) is 5.02 Å². The fourth-order valence-electron chi connectivity index (χ4n) is 2.06. The summed E-state index contributed by atoms with van der Waals surface area (Å²) in [5, 5.41) is 8.79. The molecule has 2 rings (SSSR count). The van der Waals surface area contributed by atoms with Crippen molar-refractivity contribution < 1.29 is 13.2 Å². The average molecular weight is 315 g/mol. The number of hydrogen-bond acceptors (Lipinski definition) is 4. The molecule has 0 amide bonds. The van der Waals surface area contributed by atoms with Crippen LogP contribution in [0, 0.1) is 17.2 Å². The largest absolute Gasteiger partial charge is 0.381 e. The number of benzene rings is 1. The van der Waals surface area contributed by atoms with Gasteiger partial charge in [-0.05, 0) is 37.0 Å². The van der Waals surface area contributed by atoms with Crippen molar-refractivity contribution in [3.8, 4) is 6.07 Å². The summed E-state index contributed by atoms with van der Waals surface area (Å²) in [7, 11) is -3.66. The van der Waals surface area contributed by atoms with Crippen molar-refractivity contribution >= 4 is 21.6 Å². The molecule has 1 unspecified atom stereocenters. The number of nitriles is 1. The van der Waals surface area contributed by atoms with E-state index in [9.17, 15) is 8.42 Å². The molecule has 20 heavy (non-hydrogen) atoms. The van der Waals surface area contributed by atoms with Crippen LogP contribution in [-0.2, 0) is 14.8 Å². The van der Waals surface area contributed by atoms with Gasteiger partial charge in [0.1, 0.15) is 4.90 Å². The molecule has 0 aliphatic carbocycles. The van der Waals surface area contributed by atoms with Crippen LogP contribution in [0.25, 0.3) is 0 Å². The van der Waals surface area contributed by atoms with Gasteiger partial charge in [0.25, 0.3) is 0 Å². The van der Waals surface area contributed by atoms with E-state index >= 15 is 0 Å². The predicted octanol–water partition coefficient (Wildman–Crippen LogP) is 1.92. The highest BCUT2D eigenvalue weighted by molar-refractivity contribution is 7.89. The molecule has 0 aromatic heterocycles. The Hall–Kier alpha value is -1.13. The van der Waals surface area contributed by atoms with Crippen LogP contribution in [0.1, 0.15) is 18.4 Å². The number of sulfonamides is 1. The summed E-state index contributed by atoms with van der Waals surface area (Å²) in [5.74, 6) is 0.190. The van der Waals surface area contributed by atoms with Crippen molar-refractivity contribution in [1.29, 1.82) is 5.26 Å². The molecule has 1 fully saturated rings. The first-order valence-electron chi connectivity index (χ1n) is 6.30. The van der Waals surface area contributed by atoms with Crippen LogP contribution in [0.3, 0.4) is 0 Å². The lowest BCUT2D eigenvalue weighted by molar-refractivity contribution is 0.0568. The normalized spacial score (nSPS) is 19.5. The van der Waals surface area contributed by atoms with Gasteiger partial charge < -0.3 is 4.74 Å². The lowest BCUT2D eigenvalue weighted by atomic mass is 10.0. The minimum Gasteiger partial charge on any atom is -0.381 e. The van der Waals surface area contributed by atoms with Crippen LogP contribution >= 0.6 is 11.6 Å². The maximum atomic E-state index is 12.2. The lowest BCUT2D eigenvalue weighted by Crippen LogP contribution is -2.33. The first-order chi connectivity index (χ1) is 9.53. The van der Waals surface area contributed by atoms with Gasteiger partial charge >= 0.3 is 0 Å². The van der Waals surface area contributed by atoms with Crippen LogP contribution in [0.5, 0.6) is 0 Å². The van der Waals surface area contributed by atoms with E-state index in [4.69, 9.17) is 21.6 Å². The van der Waals surface area contributed by atoms with Gasteiger partial charge in [0.2, 0.25) is 10.0 Å². The number of halogens is 1. The lowest BCUT2D eigenvalue weighted by Gasteiger charge is -2.22. The Kier molecular flexibility index (Phi) is 5.00. The van der Waals surface area contributed by atoms with Crippen molar-refractivity contribution in [1.82, 2.24) is 4.72 Å². The van der Waals surface area contributed by atoms with Crippen LogP contribution < -0.4 is 4.72 Å². The number of rotatable bonds is 4. The van der Waals surface area contributed by atoms with Crippen molar-refractivity contribution in [2.24, 2.45) is 5.92 Å². The van der Waals surface area contributed by atoms with E-state index < -0.39 is 10.0 Å². The molecule has 7 heteroatoms. The minimum absolute atomic E-state index is 0.00473. The van der Waals surface area contributed by atoms with Crippen molar-refractivity contribution in [2.75, 3.05) is 19.8 Å². The highest BCUT2D eigenvalue weighted by Crippen LogP contribution is 2.23. The van der Waals surface area contributed by atoms with E-state index in [2.05, 4.69) is 4.72 Å². The standard InChI is InChI=1S/C13H15ClN2O3S/c14-12-6-10(7-15)3-4-13(12)20(17,18)16-8-11-2-1-5-19-9-11/h3-4,6,11,16H,1-2,5,8-9H2. The highest BCUT2D eigenvalue weighted by atomic mass is 35.5. The summed E-state index contributed by atoms with van der Waals surface area (Å²) >= 11 is 5.92. The third kappa shape index (κ3) is 3.70. The second-order valence-electron chi connectivity index (χ2n) is 4.69. The predicted molar refractivity (Wildman–Crippen MR) is 74.9 cm³/mol. The van der Waals surface area contributed by atoms with E-state index in [1.807, 2.05) is 6.07 Å². The van der Waals surface area contributed by atoms with Crippen molar-refractivity contribution in [3.05, 3.63) is 28.8 Å². The Balaban J connectivity index is 2.08. The quantitative estimate of drug-likeness (QED) is 0.920. The van der Waals surface area contributed by atoms with Crippen molar-refractivity contribution in [2.45, 2.75) is 17.7 Å². The number of nitrogens with one attached hydrogen (secondary N) is 1. The molecule has 1 aromatic carbocycles. The average Bonchev–Trinajstić information content (AvgIpc) is 2.46. The van der Waals surface area contributed by atoms with Crippen molar-refractivity contribution in [3.63, 3.8) is 0 Å². The Morgan fingerprint density at radius 1 is 1.50 bits per heavy atom. The smallest absolute Gasteiger partial charge is 0.242 e. The van der Waals surface area contributed by atoms with Crippen LogP contribution in [0.15, 0.2) is 23.1 Å². The molecule has 1 aliphatic heterocycles. The van der Waals surface area contributed by atoms with Crippen LogP contribution in [0.4, 0.5) is 0 Å². The molecule has 1 saturated heterocycles. The number of ether oxygens (including phenoxy) is 1. The molecular formula is C13H15ClN2O3S. The molecule has 108 valence electrons. The topological polar surface area (TPSA) is 79.2 Å². The van der Waals surface area contributed by atoms with E-state index in [1.165, 1.54) is 18.2 Å². The van der Waals surface area contributed by atoms with Gasteiger partial charge in [-0.2, -0.15) is 5.26 Å². The summed E-state index contributed by atoms with van der Waals surface area (Å²) in [6.45, 7) is 1.65. The fourth-order valence-corrected chi connectivity index (χ4v) is 3.72. The van der Waals surface area contributed by atoms with Crippen LogP contribution in [-0.4, -0.2) is 28.2 Å². The monoisotopic (exact) mass is 314 g/mol. The van der Waals surface area contributed by atoms with Gasteiger partial charge in [-0.1, -0.05) is 11.6 Å². The zero-order chi connectivity index (χ0) is 14.6. The maximum Gasteiger partial charge on any atom is 0.242 e. The summed E-state index contributed by atoms with van der Waals surface area (Å²) in [6.07, 6.45) is 1.90. The first kappa shape index (κ1) is 15.3. The molecule has 0 radical (unpaired) electrons. The summed E-state index contributed by atoms with van der Waals surface area (Å²) in [4.78, 5) is -0.00473. The molecule has 0 bridgehead atoms. The molecule has 0 spiro atoms. The zero-order valence-corrected chi connectivity index (χ0v) is 12.4. The fraction of sp³-hybridized carbons (Fsp3) is 0.462. The molecule has 1 atom stereocenters. The summed E-state index contributed by atoms with van der Waals surface area (Å²) < 4.78 is 32.2. The number of nitrogens with zero attached hydrogens (tertiary/aromatic N) is 1. The van der Waals surface area contributed by atoms with Gasteiger partial charge in [0.05, 0.1) is 23.3 Å². The third-order valence-electron chi connectivity index (χ3n) is 3.17. The number of hydrogen-bond donors (Lipinski definition) is 1. The van der Waals surface area contributed by atoms with Gasteiger partial charge in [-0.25, -0.2) is 13.1 Å². The third-order valence-corrected chi connectivity index (χ3v) is 5.07. The van der Waals surface area contributed by atoms with Gasteiger partial charge in [0, 0.05) is 13.2 Å². The molecule has 1 aliphatic rings. The summed E-state index contributed by atoms with van der Waals surface area (Å²) in [5.41, 5.74) is 0.328. The SMILES string of the molecule is N#Cc1ccc(S(=O)(=O)NCC2CCCOC2)c(Cl)c1. The maximum absolute atomic E-state index is 12.2. The first-order valence-corrected chi connectivity index (χ1v) is 8.16. The Morgan fingerprint density at radius 3 is 2.90 bits per heavy atom. The summed E-state index contributed by atoms with van der Waals surface area (Å²) in [6, 6.07) is 6.04. The highest BCUT2D eigenvalue weighted by Gasteiger charge is 2.21. The van der Waals surface area contributed by atoms with E-state index in [-0.39, 0.29) is 15.8 Å². The zero-order valence-electron chi connectivity index (χ0n) is 10.8. The van der Waals surface area contributed by atoms with E-state index in [0.29, 0.717) is 18.7 Å². The molecule has 5 nitrogen and oxygen atoms in total. The molecule has 0 saturated carbocycles. The Bertz CT molecular complexity index is 619. The van der Waals surface area contributed by atoms with E-state index in [0.717, 1.165) is 19.4 Å². The van der Waals surface area contributed by atoms with Gasteiger partial charge in [-0.15, -0.1) is 0 Å². The van der Waals surface area contributed by atoms with E-state index in [1.54, 1.807) is 0 Å². The molecular weight excluding hydrogens is 300 g/mol. The van der Waals surface area contributed by atoms with Gasteiger partial charge in [0.15, 0.2) is 0 Å². The second kappa shape index (κ2) is 6.55. The molecule has 1 aromatic rings. The minimum atomic E-state index is -3.66. The Morgan fingerprint density at radius 2 is 2.30 bits per heavy atom. The second-order valence-corrected chi connectivity index (χ2v) is 6.83. The Labute approximate surface area is 123 Å². The van der Waals surface area contributed by atoms with Gasteiger partial charge in [-0.3, -0.25) is 0 Å². The molecule has 1 N–H and O–H groups in total.